The average Bonchev–Trinajstić information content (AvgIpc) is 2.72. The highest BCUT2D eigenvalue weighted by atomic mass is 35.5. The second kappa shape index (κ2) is 5.37. The van der Waals surface area contributed by atoms with E-state index in [4.69, 9.17) is 16.7 Å². The van der Waals surface area contributed by atoms with Gasteiger partial charge in [0.15, 0.2) is 0 Å². The summed E-state index contributed by atoms with van der Waals surface area (Å²) in [5, 5.41) is 13.4. The topological polar surface area (TPSA) is 62.2 Å². The van der Waals surface area contributed by atoms with Crippen molar-refractivity contribution in [1.29, 1.82) is 0 Å². The number of halogens is 1. The normalized spacial score (nSPS) is 10.3. The minimum atomic E-state index is -1.04. The number of aryl methyl sites for hydroxylation is 1. The van der Waals surface area contributed by atoms with E-state index in [0.717, 1.165) is 9.88 Å². The predicted molar refractivity (Wildman–Crippen MR) is 72.6 cm³/mol. The zero-order valence-corrected chi connectivity index (χ0v) is 11.2. The van der Waals surface area contributed by atoms with E-state index >= 15 is 0 Å². The molecule has 0 saturated heterocycles. The van der Waals surface area contributed by atoms with Crippen LogP contribution in [0.25, 0.3) is 0 Å². The fraction of sp³-hybridized carbons (Fsp3) is 0.167. The van der Waals surface area contributed by atoms with E-state index < -0.39 is 5.97 Å². The van der Waals surface area contributed by atoms with Crippen LogP contribution in [0.15, 0.2) is 24.4 Å². The maximum Gasteiger partial charge on any atom is 0.339 e. The highest BCUT2D eigenvalue weighted by Gasteiger charge is 2.14. The van der Waals surface area contributed by atoms with Gasteiger partial charge in [-0.1, -0.05) is 17.7 Å². The summed E-state index contributed by atoms with van der Waals surface area (Å²) >= 11 is 7.45. The van der Waals surface area contributed by atoms with Gasteiger partial charge in [0.2, 0.25) is 0 Å². The Morgan fingerprint density at radius 2 is 2.33 bits per heavy atom. The maximum atomic E-state index is 11.1. The Morgan fingerprint density at radius 1 is 1.56 bits per heavy atom. The average molecular weight is 283 g/mol. The molecular formula is C12H11ClN2O2S. The molecule has 94 valence electrons. The van der Waals surface area contributed by atoms with Gasteiger partial charge < -0.3 is 10.4 Å². The van der Waals surface area contributed by atoms with Crippen molar-refractivity contribution in [2.45, 2.75) is 13.5 Å². The van der Waals surface area contributed by atoms with Crippen LogP contribution < -0.4 is 5.32 Å². The molecule has 0 amide bonds. The van der Waals surface area contributed by atoms with Crippen molar-refractivity contribution in [3.63, 3.8) is 0 Å². The number of hydrogen-bond acceptors (Lipinski definition) is 4. The van der Waals surface area contributed by atoms with E-state index in [1.807, 2.05) is 6.92 Å². The molecule has 2 N–H and O–H groups in total. The highest BCUT2D eigenvalue weighted by molar-refractivity contribution is 7.11. The molecule has 0 aliphatic heterocycles. The first-order valence-corrected chi connectivity index (χ1v) is 6.44. The number of nitrogens with one attached hydrogen (secondary N) is 1. The van der Waals surface area contributed by atoms with E-state index in [-0.39, 0.29) is 10.6 Å². The quantitative estimate of drug-likeness (QED) is 0.902. The molecular weight excluding hydrogens is 272 g/mol. The van der Waals surface area contributed by atoms with Crippen molar-refractivity contribution in [1.82, 2.24) is 4.98 Å². The zero-order chi connectivity index (χ0) is 13.1. The Kier molecular flexibility index (Phi) is 3.84. The number of nitrogens with zero attached hydrogens (tertiary/aromatic N) is 1. The standard InChI is InChI=1S/C12H11ClN2O2S/c1-7-14-5-8(18-7)6-15-10-4-2-3-9(13)11(10)12(16)17/h2-5,15H,6H2,1H3,(H,16,17). The summed E-state index contributed by atoms with van der Waals surface area (Å²) in [6, 6.07) is 4.98. The molecule has 0 fully saturated rings. The lowest BCUT2D eigenvalue weighted by Gasteiger charge is -2.09. The summed E-state index contributed by atoms with van der Waals surface area (Å²) in [6.07, 6.45) is 1.78. The third kappa shape index (κ3) is 2.80. The van der Waals surface area contributed by atoms with Crippen molar-refractivity contribution in [2.75, 3.05) is 5.32 Å². The summed E-state index contributed by atoms with van der Waals surface area (Å²) in [6.45, 7) is 2.46. The Bertz CT molecular complexity index is 583. The van der Waals surface area contributed by atoms with Crippen LogP contribution in [0.4, 0.5) is 5.69 Å². The monoisotopic (exact) mass is 282 g/mol. The van der Waals surface area contributed by atoms with E-state index in [1.54, 1.807) is 35.7 Å². The fourth-order valence-electron chi connectivity index (χ4n) is 1.56. The summed E-state index contributed by atoms with van der Waals surface area (Å²) in [5.74, 6) is -1.04. The minimum Gasteiger partial charge on any atom is -0.478 e. The zero-order valence-electron chi connectivity index (χ0n) is 9.61. The van der Waals surface area contributed by atoms with Crippen LogP contribution >= 0.6 is 22.9 Å². The van der Waals surface area contributed by atoms with Crippen LogP contribution in [0, 0.1) is 6.92 Å². The second-order valence-electron chi connectivity index (χ2n) is 3.67. The number of aromatic carboxylic acids is 1. The number of hydrogen-bond donors (Lipinski definition) is 2. The van der Waals surface area contributed by atoms with Crippen molar-refractivity contribution in [3.05, 3.63) is 44.9 Å². The van der Waals surface area contributed by atoms with Gasteiger partial charge in [-0.15, -0.1) is 11.3 Å². The van der Waals surface area contributed by atoms with Gasteiger partial charge in [0, 0.05) is 11.1 Å². The van der Waals surface area contributed by atoms with Crippen molar-refractivity contribution in [2.24, 2.45) is 0 Å². The van der Waals surface area contributed by atoms with Crippen LogP contribution in [0.1, 0.15) is 20.2 Å². The lowest BCUT2D eigenvalue weighted by atomic mass is 10.2. The Hall–Kier alpha value is -1.59. The largest absolute Gasteiger partial charge is 0.478 e. The second-order valence-corrected chi connectivity index (χ2v) is 5.39. The molecule has 0 aliphatic rings. The van der Waals surface area contributed by atoms with Gasteiger partial charge >= 0.3 is 5.97 Å². The smallest absolute Gasteiger partial charge is 0.339 e. The van der Waals surface area contributed by atoms with Gasteiger partial charge in [0.25, 0.3) is 0 Å². The van der Waals surface area contributed by atoms with Gasteiger partial charge in [-0.05, 0) is 19.1 Å². The molecule has 0 aliphatic carbocycles. The number of carbonyl (C=O) groups is 1. The van der Waals surface area contributed by atoms with E-state index in [2.05, 4.69) is 10.3 Å². The number of carboxylic acids is 1. The van der Waals surface area contributed by atoms with Crippen LogP contribution in [0.3, 0.4) is 0 Å². The Labute approximate surface area is 113 Å². The first kappa shape index (κ1) is 12.9. The van der Waals surface area contributed by atoms with E-state index in [0.29, 0.717) is 12.2 Å². The molecule has 0 radical (unpaired) electrons. The number of carboxylic acid groups (broad SMARTS) is 1. The van der Waals surface area contributed by atoms with E-state index in [1.165, 1.54) is 0 Å². The number of benzene rings is 1. The van der Waals surface area contributed by atoms with Gasteiger partial charge in [-0.3, -0.25) is 0 Å². The summed E-state index contributed by atoms with van der Waals surface area (Å²) < 4.78 is 0. The van der Waals surface area contributed by atoms with Gasteiger partial charge in [-0.25, -0.2) is 9.78 Å². The molecule has 2 rings (SSSR count). The summed E-state index contributed by atoms with van der Waals surface area (Å²) in [5.41, 5.74) is 0.612. The molecule has 1 aromatic heterocycles. The minimum absolute atomic E-state index is 0.0976. The van der Waals surface area contributed by atoms with Crippen molar-refractivity contribution < 1.29 is 9.90 Å². The summed E-state index contributed by atoms with van der Waals surface area (Å²) in [7, 11) is 0. The van der Waals surface area contributed by atoms with Gasteiger partial charge in [0.05, 0.1) is 22.3 Å². The van der Waals surface area contributed by atoms with Gasteiger partial charge in [0.1, 0.15) is 5.56 Å². The summed E-state index contributed by atoms with van der Waals surface area (Å²) in [4.78, 5) is 16.3. The molecule has 4 nitrogen and oxygen atoms in total. The van der Waals surface area contributed by atoms with Crippen LogP contribution in [-0.4, -0.2) is 16.1 Å². The third-order valence-corrected chi connectivity index (χ3v) is 3.58. The first-order valence-electron chi connectivity index (χ1n) is 5.25. The third-order valence-electron chi connectivity index (χ3n) is 2.35. The van der Waals surface area contributed by atoms with Crippen LogP contribution in [0.2, 0.25) is 5.02 Å². The fourth-order valence-corrected chi connectivity index (χ4v) is 2.55. The number of anilines is 1. The number of aromatic nitrogens is 1. The van der Waals surface area contributed by atoms with Crippen molar-refractivity contribution >= 4 is 34.6 Å². The molecule has 18 heavy (non-hydrogen) atoms. The van der Waals surface area contributed by atoms with Crippen LogP contribution in [-0.2, 0) is 6.54 Å². The Balaban J connectivity index is 2.19. The van der Waals surface area contributed by atoms with Crippen molar-refractivity contribution in [3.8, 4) is 0 Å². The van der Waals surface area contributed by atoms with E-state index in [9.17, 15) is 4.79 Å². The highest BCUT2D eigenvalue weighted by Crippen LogP contribution is 2.25. The molecule has 0 atom stereocenters. The molecule has 0 spiro atoms. The molecule has 2 aromatic rings. The molecule has 0 unspecified atom stereocenters. The predicted octanol–water partition coefficient (Wildman–Crippen LogP) is 3.42. The molecule has 0 bridgehead atoms. The van der Waals surface area contributed by atoms with Gasteiger partial charge in [-0.2, -0.15) is 0 Å². The lowest BCUT2D eigenvalue weighted by molar-refractivity contribution is 0.0698. The first-order chi connectivity index (χ1) is 8.58. The Morgan fingerprint density at radius 3 is 2.94 bits per heavy atom. The molecule has 0 saturated carbocycles. The molecule has 6 heteroatoms. The SMILES string of the molecule is Cc1ncc(CNc2cccc(Cl)c2C(=O)O)s1. The van der Waals surface area contributed by atoms with Crippen LogP contribution in [0.5, 0.6) is 0 Å². The number of rotatable bonds is 4. The maximum absolute atomic E-state index is 11.1. The lowest BCUT2D eigenvalue weighted by Crippen LogP contribution is -2.06. The molecule has 1 aromatic carbocycles. The number of thiazole rings is 1. The molecule has 1 heterocycles.